The average Bonchev–Trinajstić information content (AvgIpc) is 3.28. The van der Waals surface area contributed by atoms with Crippen LogP contribution in [-0.4, -0.2) is 90.0 Å². The quantitative estimate of drug-likeness (QED) is 0.559. The predicted octanol–water partition coefficient (Wildman–Crippen LogP) is 2.63. The minimum absolute atomic E-state index is 0.0273. The Balaban J connectivity index is 1.16. The Kier molecular flexibility index (Phi) is 9.65. The number of allylic oxidation sites excluding steroid dienone is 1. The topological polar surface area (TPSA) is 104 Å². The zero-order valence-corrected chi connectivity index (χ0v) is 23.8. The monoisotopic (exact) mass is 548 g/mol. The summed E-state index contributed by atoms with van der Waals surface area (Å²) in [5.74, 6) is 1.95. The summed E-state index contributed by atoms with van der Waals surface area (Å²) in [6.45, 7) is 9.52. The number of nitrogens with one attached hydrogen (secondary N) is 2. The van der Waals surface area contributed by atoms with Gasteiger partial charge in [0.15, 0.2) is 0 Å². The Bertz CT molecular complexity index is 881. The normalized spacial score (nSPS) is 40.5. The predicted molar refractivity (Wildman–Crippen MR) is 145 cm³/mol. The fourth-order valence-electron chi connectivity index (χ4n) is 8.24. The smallest absolute Gasteiger partial charge is 0.247 e. The van der Waals surface area contributed by atoms with Gasteiger partial charge in [-0.2, -0.15) is 0 Å². The molecule has 0 bridgehead atoms. The standard InChI is InChI=1S/C30H48N2O7/c1-29-9-7-24-22(3-6-26-30(24,2)10-8-27(33)32-26)23(29)4-5-25(29)28(34)31-19-21-20-38-16-15-36-12-11-35-13-14-37-17-18-39-21/h5,21-24,26H,3-4,6-20H2,1-2H3,(H,31,34)(H,32,33)/t21?,22-,23-,24-,26+,29-,30+/m0/s1. The summed E-state index contributed by atoms with van der Waals surface area (Å²) < 4.78 is 28.3. The van der Waals surface area contributed by atoms with Gasteiger partial charge in [-0.1, -0.05) is 19.9 Å². The highest BCUT2D eigenvalue weighted by Crippen LogP contribution is 2.64. The van der Waals surface area contributed by atoms with Crippen LogP contribution in [-0.2, 0) is 33.3 Å². The first-order valence-corrected chi connectivity index (χ1v) is 15.1. The van der Waals surface area contributed by atoms with Crippen LogP contribution in [0.2, 0.25) is 0 Å². The zero-order valence-electron chi connectivity index (χ0n) is 23.8. The third kappa shape index (κ3) is 6.38. The molecule has 3 aliphatic carbocycles. The van der Waals surface area contributed by atoms with Crippen molar-refractivity contribution < 1.29 is 33.3 Å². The van der Waals surface area contributed by atoms with Crippen molar-refractivity contribution >= 4 is 11.8 Å². The Labute approximate surface area is 233 Å². The number of rotatable bonds is 3. The van der Waals surface area contributed by atoms with Crippen LogP contribution in [0.1, 0.15) is 58.8 Å². The van der Waals surface area contributed by atoms with Crippen LogP contribution in [0.25, 0.3) is 0 Å². The summed E-state index contributed by atoms with van der Waals surface area (Å²) in [6.07, 6.45) is 8.90. The maximum Gasteiger partial charge on any atom is 0.247 e. The molecule has 39 heavy (non-hydrogen) atoms. The van der Waals surface area contributed by atoms with E-state index < -0.39 is 0 Å². The lowest BCUT2D eigenvalue weighted by molar-refractivity contribution is -0.136. The number of carbonyl (C=O) groups is 2. The van der Waals surface area contributed by atoms with Crippen LogP contribution < -0.4 is 10.6 Å². The summed E-state index contributed by atoms with van der Waals surface area (Å²) in [6, 6.07) is 0.304. The fourth-order valence-corrected chi connectivity index (χ4v) is 8.24. The Morgan fingerprint density at radius 3 is 2.36 bits per heavy atom. The van der Waals surface area contributed by atoms with Gasteiger partial charge in [0.05, 0.1) is 65.6 Å². The molecule has 220 valence electrons. The van der Waals surface area contributed by atoms with E-state index in [4.69, 9.17) is 23.7 Å². The minimum atomic E-state index is -0.253. The van der Waals surface area contributed by atoms with Gasteiger partial charge >= 0.3 is 0 Å². The molecular formula is C30H48N2O7. The number of fused-ring (bicyclic) bond motifs is 5. The molecule has 7 atom stereocenters. The Morgan fingerprint density at radius 2 is 1.62 bits per heavy atom. The van der Waals surface area contributed by atoms with E-state index in [9.17, 15) is 9.59 Å². The highest BCUT2D eigenvalue weighted by molar-refractivity contribution is 5.95. The van der Waals surface area contributed by atoms with Gasteiger partial charge < -0.3 is 34.3 Å². The van der Waals surface area contributed by atoms with Gasteiger partial charge in [0.1, 0.15) is 0 Å². The molecule has 2 saturated heterocycles. The maximum absolute atomic E-state index is 13.6. The number of hydrogen-bond donors (Lipinski definition) is 2. The molecule has 0 spiro atoms. The van der Waals surface area contributed by atoms with Gasteiger partial charge in [0.2, 0.25) is 11.8 Å². The molecule has 2 heterocycles. The van der Waals surface area contributed by atoms with Crippen molar-refractivity contribution in [1.29, 1.82) is 0 Å². The lowest BCUT2D eigenvalue weighted by Crippen LogP contribution is -2.61. The van der Waals surface area contributed by atoms with E-state index in [0.717, 1.165) is 44.1 Å². The molecule has 2 amide bonds. The van der Waals surface area contributed by atoms with Crippen LogP contribution in [0.3, 0.4) is 0 Å². The van der Waals surface area contributed by atoms with Crippen molar-refractivity contribution in [1.82, 2.24) is 10.6 Å². The second kappa shape index (κ2) is 13.0. The van der Waals surface area contributed by atoms with Crippen molar-refractivity contribution in [3.8, 4) is 0 Å². The van der Waals surface area contributed by atoms with Gasteiger partial charge in [-0.05, 0) is 61.7 Å². The molecule has 4 fully saturated rings. The van der Waals surface area contributed by atoms with Crippen LogP contribution >= 0.6 is 0 Å². The average molecular weight is 549 g/mol. The second-order valence-corrected chi connectivity index (χ2v) is 12.5. The van der Waals surface area contributed by atoms with E-state index in [0.29, 0.717) is 96.2 Å². The van der Waals surface area contributed by atoms with E-state index >= 15 is 0 Å². The fraction of sp³-hybridized carbons (Fsp3) is 0.867. The molecular weight excluding hydrogens is 500 g/mol. The molecule has 1 unspecified atom stereocenters. The van der Waals surface area contributed by atoms with Crippen LogP contribution in [0.15, 0.2) is 11.6 Å². The second-order valence-electron chi connectivity index (χ2n) is 12.5. The lowest BCUT2D eigenvalue weighted by Gasteiger charge is -2.59. The molecule has 5 aliphatic rings. The molecule has 0 aromatic carbocycles. The Morgan fingerprint density at radius 1 is 0.923 bits per heavy atom. The number of hydrogen-bond acceptors (Lipinski definition) is 7. The summed E-state index contributed by atoms with van der Waals surface area (Å²) in [5.41, 5.74) is 1.02. The van der Waals surface area contributed by atoms with Crippen molar-refractivity contribution in [3.05, 3.63) is 11.6 Å². The van der Waals surface area contributed by atoms with Crippen molar-refractivity contribution in [2.75, 3.05) is 66.0 Å². The molecule has 0 aromatic rings. The third-order valence-corrected chi connectivity index (χ3v) is 10.4. The van der Waals surface area contributed by atoms with Crippen molar-refractivity contribution in [3.63, 3.8) is 0 Å². The first-order chi connectivity index (χ1) is 18.9. The molecule has 9 heteroatoms. The van der Waals surface area contributed by atoms with E-state index in [2.05, 4.69) is 30.6 Å². The molecule has 5 rings (SSSR count). The van der Waals surface area contributed by atoms with Gasteiger partial charge in [-0.3, -0.25) is 9.59 Å². The molecule has 2 aliphatic heterocycles. The van der Waals surface area contributed by atoms with E-state index in [1.165, 1.54) is 0 Å². The molecule has 0 radical (unpaired) electrons. The first-order valence-electron chi connectivity index (χ1n) is 15.1. The van der Waals surface area contributed by atoms with E-state index in [1.54, 1.807) is 0 Å². The molecule has 2 N–H and O–H groups in total. The van der Waals surface area contributed by atoms with Gasteiger partial charge in [-0.25, -0.2) is 0 Å². The number of carbonyl (C=O) groups excluding carboxylic acids is 2. The SMILES string of the molecule is C[C@]12CCC(=O)N[C@@H]1CC[C@@H]1[C@@H]2CC[C@]2(C)C(C(=O)NCC3COCCOCCOCCOCCO3)=CC[C@@H]12. The van der Waals surface area contributed by atoms with Crippen molar-refractivity contribution in [2.24, 2.45) is 28.6 Å². The van der Waals surface area contributed by atoms with E-state index in [1.807, 2.05) is 0 Å². The highest BCUT2D eigenvalue weighted by Gasteiger charge is 2.59. The zero-order chi connectivity index (χ0) is 27.3. The summed E-state index contributed by atoms with van der Waals surface area (Å²) >= 11 is 0. The van der Waals surface area contributed by atoms with Crippen molar-refractivity contribution in [2.45, 2.75) is 70.9 Å². The first kappa shape index (κ1) is 29.0. The van der Waals surface area contributed by atoms with Crippen LogP contribution in [0, 0.1) is 28.6 Å². The molecule has 2 saturated carbocycles. The van der Waals surface area contributed by atoms with Gasteiger partial charge in [0.25, 0.3) is 0 Å². The third-order valence-electron chi connectivity index (χ3n) is 10.4. The van der Waals surface area contributed by atoms with Crippen LogP contribution in [0.5, 0.6) is 0 Å². The lowest BCUT2D eigenvalue weighted by atomic mass is 9.47. The van der Waals surface area contributed by atoms with Gasteiger partial charge in [0, 0.05) is 30.0 Å². The molecule has 0 aromatic heterocycles. The maximum atomic E-state index is 13.6. The number of piperidine rings is 1. The minimum Gasteiger partial charge on any atom is -0.377 e. The van der Waals surface area contributed by atoms with Crippen LogP contribution in [0.4, 0.5) is 0 Å². The summed E-state index contributed by atoms with van der Waals surface area (Å²) in [5, 5.41) is 6.48. The highest BCUT2D eigenvalue weighted by atomic mass is 16.6. The summed E-state index contributed by atoms with van der Waals surface area (Å²) in [4.78, 5) is 25.6. The number of ether oxygens (including phenoxy) is 5. The Hall–Kier alpha value is -1.52. The van der Waals surface area contributed by atoms with E-state index in [-0.39, 0.29) is 28.7 Å². The number of amides is 2. The summed E-state index contributed by atoms with van der Waals surface area (Å²) in [7, 11) is 0. The largest absolute Gasteiger partial charge is 0.377 e. The van der Waals surface area contributed by atoms with Gasteiger partial charge in [-0.15, -0.1) is 0 Å². The molecule has 9 nitrogen and oxygen atoms in total.